The van der Waals surface area contributed by atoms with Gasteiger partial charge in [-0.3, -0.25) is 14.4 Å². The van der Waals surface area contributed by atoms with Crippen LogP contribution >= 0.6 is 0 Å². The molecule has 2 aliphatic rings. The Hall–Kier alpha value is -2.61. The number of para-hydroxylation sites is 1. The van der Waals surface area contributed by atoms with Crippen LogP contribution in [0.15, 0.2) is 30.3 Å². The number of piperidine rings is 1. The number of hydrogen-bond donors (Lipinski definition) is 1. The van der Waals surface area contributed by atoms with Crippen molar-refractivity contribution in [1.82, 2.24) is 15.1 Å². The van der Waals surface area contributed by atoms with E-state index in [9.17, 15) is 14.4 Å². The maximum absolute atomic E-state index is 13.2. The molecule has 2 saturated heterocycles. The molecule has 1 aromatic carbocycles. The molecule has 1 aromatic rings. The molecular formula is C23H33N3O5. The fourth-order valence-corrected chi connectivity index (χ4v) is 4.31. The lowest BCUT2D eigenvalue weighted by atomic mass is 9.93. The number of benzene rings is 1. The fourth-order valence-electron chi connectivity index (χ4n) is 4.31. The number of nitrogens with zero attached hydrogens (tertiary/aromatic N) is 2. The largest absolute Gasteiger partial charge is 0.488 e. The predicted molar refractivity (Wildman–Crippen MR) is 115 cm³/mol. The number of amides is 3. The van der Waals surface area contributed by atoms with Gasteiger partial charge in [-0.05, 0) is 30.9 Å². The first kappa shape index (κ1) is 23.1. The van der Waals surface area contributed by atoms with Gasteiger partial charge in [0.2, 0.25) is 17.7 Å². The van der Waals surface area contributed by atoms with Crippen molar-refractivity contribution in [1.29, 1.82) is 0 Å². The Labute approximate surface area is 183 Å². The Balaban J connectivity index is 1.61. The van der Waals surface area contributed by atoms with Gasteiger partial charge in [0.15, 0.2) is 0 Å². The summed E-state index contributed by atoms with van der Waals surface area (Å²) >= 11 is 0. The number of rotatable bonds is 8. The summed E-state index contributed by atoms with van der Waals surface area (Å²) in [5.74, 6) is 0.854. The standard InChI is InChI=1S/C23H33N3O5/c1-17(27)25-11-8-18(9-12-25)14-22(28)26-16-20(31-19-6-4-3-5-7-19)15-21(26)23(29)24-10-13-30-2/h3-7,18,20-21H,8-16H2,1-2H3,(H,24,29)/t20-,21-/m0/s1. The molecule has 3 amide bonds. The molecule has 170 valence electrons. The average Bonchev–Trinajstić information content (AvgIpc) is 3.19. The lowest BCUT2D eigenvalue weighted by Gasteiger charge is -2.32. The highest BCUT2D eigenvalue weighted by molar-refractivity contribution is 5.88. The van der Waals surface area contributed by atoms with Crippen molar-refractivity contribution in [2.75, 3.05) is 39.9 Å². The van der Waals surface area contributed by atoms with E-state index in [1.165, 1.54) is 0 Å². The van der Waals surface area contributed by atoms with Gasteiger partial charge >= 0.3 is 0 Å². The maximum atomic E-state index is 13.2. The van der Waals surface area contributed by atoms with Crippen molar-refractivity contribution in [3.63, 3.8) is 0 Å². The Morgan fingerprint density at radius 1 is 1.13 bits per heavy atom. The minimum absolute atomic E-state index is 0.0210. The molecule has 31 heavy (non-hydrogen) atoms. The van der Waals surface area contributed by atoms with Crippen molar-refractivity contribution in [3.8, 4) is 5.75 Å². The molecule has 2 aliphatic heterocycles. The third-order valence-corrected chi connectivity index (χ3v) is 6.06. The van der Waals surface area contributed by atoms with E-state index < -0.39 is 6.04 Å². The van der Waals surface area contributed by atoms with E-state index in [1.807, 2.05) is 35.2 Å². The normalized spacial score (nSPS) is 21.7. The summed E-state index contributed by atoms with van der Waals surface area (Å²) in [5, 5.41) is 2.86. The van der Waals surface area contributed by atoms with Crippen LogP contribution < -0.4 is 10.1 Å². The van der Waals surface area contributed by atoms with Crippen molar-refractivity contribution >= 4 is 17.7 Å². The van der Waals surface area contributed by atoms with Crippen molar-refractivity contribution in [3.05, 3.63) is 30.3 Å². The van der Waals surface area contributed by atoms with Gasteiger partial charge in [-0.2, -0.15) is 0 Å². The van der Waals surface area contributed by atoms with Crippen LogP contribution in [0.5, 0.6) is 5.75 Å². The first-order valence-corrected chi connectivity index (χ1v) is 11.0. The number of nitrogens with one attached hydrogen (secondary N) is 1. The van der Waals surface area contributed by atoms with E-state index in [1.54, 1.807) is 18.9 Å². The molecule has 8 heteroatoms. The maximum Gasteiger partial charge on any atom is 0.243 e. The van der Waals surface area contributed by atoms with Gasteiger partial charge < -0.3 is 24.6 Å². The molecule has 8 nitrogen and oxygen atoms in total. The summed E-state index contributed by atoms with van der Waals surface area (Å²) in [7, 11) is 1.58. The molecule has 0 radical (unpaired) electrons. The molecule has 0 aliphatic carbocycles. The summed E-state index contributed by atoms with van der Waals surface area (Å²) in [6, 6.07) is 8.92. The molecule has 3 rings (SSSR count). The van der Waals surface area contributed by atoms with Crippen LogP contribution in [0.3, 0.4) is 0 Å². The molecule has 1 N–H and O–H groups in total. The summed E-state index contributed by atoms with van der Waals surface area (Å²) in [4.78, 5) is 41.0. The second-order valence-electron chi connectivity index (χ2n) is 8.29. The van der Waals surface area contributed by atoms with Crippen LogP contribution in [0, 0.1) is 5.92 Å². The van der Waals surface area contributed by atoms with E-state index in [4.69, 9.17) is 9.47 Å². The van der Waals surface area contributed by atoms with Crippen LogP contribution in [0.2, 0.25) is 0 Å². The summed E-state index contributed by atoms with van der Waals surface area (Å²) in [6.45, 7) is 4.17. The molecule has 2 atom stereocenters. The van der Waals surface area contributed by atoms with Crippen LogP contribution in [-0.2, 0) is 19.1 Å². The zero-order valence-electron chi connectivity index (χ0n) is 18.4. The van der Waals surface area contributed by atoms with Gasteiger partial charge in [0.05, 0.1) is 13.2 Å². The highest BCUT2D eigenvalue weighted by Crippen LogP contribution is 2.27. The van der Waals surface area contributed by atoms with Crippen molar-refractivity contribution in [2.45, 2.75) is 44.8 Å². The van der Waals surface area contributed by atoms with Crippen molar-refractivity contribution < 1.29 is 23.9 Å². The van der Waals surface area contributed by atoms with Gasteiger partial charge in [0.25, 0.3) is 0 Å². The van der Waals surface area contributed by atoms with E-state index in [0.717, 1.165) is 18.6 Å². The number of likely N-dealkylation sites (tertiary alicyclic amines) is 2. The zero-order valence-corrected chi connectivity index (χ0v) is 18.4. The summed E-state index contributed by atoms with van der Waals surface area (Å²) < 4.78 is 11.1. The van der Waals surface area contributed by atoms with Crippen LogP contribution in [0.4, 0.5) is 0 Å². The summed E-state index contributed by atoms with van der Waals surface area (Å²) in [5.41, 5.74) is 0. The first-order chi connectivity index (χ1) is 15.0. The number of carbonyl (C=O) groups excluding carboxylic acids is 3. The molecule has 2 fully saturated rings. The molecule has 0 spiro atoms. The SMILES string of the molecule is COCCNC(=O)[C@@H]1C[C@H](Oc2ccccc2)CN1C(=O)CC1CCN(C(C)=O)CC1. The Morgan fingerprint density at radius 2 is 1.84 bits per heavy atom. The predicted octanol–water partition coefficient (Wildman–Crippen LogP) is 1.45. The second-order valence-corrected chi connectivity index (χ2v) is 8.29. The van der Waals surface area contributed by atoms with Crippen LogP contribution in [0.25, 0.3) is 0 Å². The number of hydrogen-bond acceptors (Lipinski definition) is 5. The molecular weight excluding hydrogens is 398 g/mol. The highest BCUT2D eigenvalue weighted by Gasteiger charge is 2.41. The van der Waals surface area contributed by atoms with Gasteiger partial charge in [0.1, 0.15) is 17.9 Å². The smallest absolute Gasteiger partial charge is 0.243 e. The van der Waals surface area contributed by atoms with Gasteiger partial charge in [-0.25, -0.2) is 0 Å². The monoisotopic (exact) mass is 431 g/mol. The van der Waals surface area contributed by atoms with E-state index >= 15 is 0 Å². The van der Waals surface area contributed by atoms with E-state index in [2.05, 4.69) is 5.32 Å². The van der Waals surface area contributed by atoms with Gasteiger partial charge in [0, 0.05) is 46.5 Å². The molecule has 0 saturated carbocycles. The number of methoxy groups -OCH3 is 1. The zero-order chi connectivity index (χ0) is 22.2. The van der Waals surface area contributed by atoms with Gasteiger partial charge in [-0.15, -0.1) is 0 Å². The lowest BCUT2D eigenvalue weighted by molar-refractivity contribution is -0.139. The highest BCUT2D eigenvalue weighted by atomic mass is 16.5. The molecule has 2 heterocycles. The van der Waals surface area contributed by atoms with E-state index in [-0.39, 0.29) is 29.7 Å². The molecule has 0 bridgehead atoms. The number of carbonyl (C=O) groups is 3. The van der Waals surface area contributed by atoms with Crippen molar-refractivity contribution in [2.24, 2.45) is 5.92 Å². The third-order valence-electron chi connectivity index (χ3n) is 6.06. The molecule has 0 aromatic heterocycles. The number of ether oxygens (including phenoxy) is 2. The van der Waals surface area contributed by atoms with E-state index in [0.29, 0.717) is 45.6 Å². The van der Waals surface area contributed by atoms with Gasteiger partial charge in [-0.1, -0.05) is 18.2 Å². The third kappa shape index (κ3) is 6.43. The molecule has 0 unspecified atom stereocenters. The Kier molecular flexibility index (Phi) is 8.28. The average molecular weight is 432 g/mol. The Bertz CT molecular complexity index is 749. The first-order valence-electron chi connectivity index (χ1n) is 11.0. The van der Waals surface area contributed by atoms with Crippen LogP contribution in [0.1, 0.15) is 32.6 Å². The second kappa shape index (κ2) is 11.1. The summed E-state index contributed by atoms with van der Waals surface area (Å²) in [6.07, 6.45) is 2.25. The quantitative estimate of drug-likeness (QED) is 0.630. The minimum Gasteiger partial charge on any atom is -0.488 e. The van der Waals surface area contributed by atoms with Crippen LogP contribution in [-0.4, -0.2) is 79.6 Å². The topological polar surface area (TPSA) is 88.2 Å². The lowest BCUT2D eigenvalue weighted by Crippen LogP contribution is -2.47. The Morgan fingerprint density at radius 3 is 2.48 bits per heavy atom. The fraction of sp³-hybridized carbons (Fsp3) is 0.609. The minimum atomic E-state index is -0.546.